The van der Waals surface area contributed by atoms with Crippen LogP contribution in [0, 0.1) is 5.82 Å². The minimum Gasteiger partial charge on any atom is -0.493 e. The molecule has 0 heterocycles. The lowest BCUT2D eigenvalue weighted by Crippen LogP contribution is -2.49. The van der Waals surface area contributed by atoms with E-state index in [4.69, 9.17) is 14.2 Å². The number of carbonyl (C=O) groups is 2. The highest BCUT2D eigenvalue weighted by Crippen LogP contribution is 2.27. The average Bonchev–Trinajstić information content (AvgIpc) is 3.07. The van der Waals surface area contributed by atoms with Gasteiger partial charge in [0.05, 0.1) is 19.1 Å². The maximum atomic E-state index is 13.4. The van der Waals surface area contributed by atoms with E-state index in [0.29, 0.717) is 24.5 Å². The average molecular weight is 650 g/mol. The molecule has 0 saturated carbocycles. The third-order valence-corrected chi connectivity index (χ3v) is 8.51. The van der Waals surface area contributed by atoms with Crippen LogP contribution < -0.4 is 24.2 Å². The van der Waals surface area contributed by atoms with Crippen molar-refractivity contribution in [3.8, 4) is 17.2 Å². The number of nitrogens with zero attached hydrogens (tertiary/aromatic N) is 1. The fraction of sp³-hybridized carbons (Fsp3) is 0.235. The van der Waals surface area contributed by atoms with Crippen LogP contribution in [-0.2, 0) is 32.6 Å². The molecule has 4 rings (SSSR count). The third-order valence-electron chi connectivity index (χ3n) is 7.12. The standard InChI is InChI=1S/C34H36FN3O7S/c1-24(34(40)36-20-19-25-9-18-31(43-2)32(21-25)44-3)38(22-26-7-5-4-6-8-26)33(39)23-45-29-14-16-30(17-15-29)46(41,42)37-28-12-10-27(35)11-13-28/h4-18,21,24,37H,19-20,22-23H2,1-3H3,(H,36,40)/t24-/m1/s1. The van der Waals surface area contributed by atoms with Crippen molar-refractivity contribution in [1.29, 1.82) is 0 Å². The van der Waals surface area contributed by atoms with E-state index in [1.54, 1.807) is 27.2 Å². The Hall–Kier alpha value is -5.10. The van der Waals surface area contributed by atoms with E-state index in [0.717, 1.165) is 23.3 Å². The second-order valence-corrected chi connectivity index (χ2v) is 12.0. The number of sulfonamides is 1. The van der Waals surface area contributed by atoms with Crippen molar-refractivity contribution in [2.75, 3.05) is 32.1 Å². The number of hydrogen-bond acceptors (Lipinski definition) is 7. The second kappa shape index (κ2) is 15.8. The van der Waals surface area contributed by atoms with Gasteiger partial charge in [-0.3, -0.25) is 14.3 Å². The molecule has 4 aromatic carbocycles. The van der Waals surface area contributed by atoms with Gasteiger partial charge in [-0.05, 0) is 85.1 Å². The molecule has 2 N–H and O–H groups in total. The van der Waals surface area contributed by atoms with Gasteiger partial charge in [0.2, 0.25) is 5.91 Å². The van der Waals surface area contributed by atoms with E-state index in [1.165, 1.54) is 41.3 Å². The van der Waals surface area contributed by atoms with E-state index >= 15 is 0 Å². The van der Waals surface area contributed by atoms with Crippen molar-refractivity contribution in [1.82, 2.24) is 10.2 Å². The first-order valence-electron chi connectivity index (χ1n) is 14.4. The molecule has 0 fully saturated rings. The number of benzene rings is 4. The second-order valence-electron chi connectivity index (χ2n) is 10.3. The fourth-order valence-corrected chi connectivity index (χ4v) is 5.61. The normalized spacial score (nSPS) is 11.7. The Morgan fingerprint density at radius 2 is 1.52 bits per heavy atom. The first-order valence-corrected chi connectivity index (χ1v) is 15.9. The van der Waals surface area contributed by atoms with Crippen LogP contribution in [0.15, 0.2) is 102 Å². The molecule has 46 heavy (non-hydrogen) atoms. The van der Waals surface area contributed by atoms with Crippen LogP contribution in [0.5, 0.6) is 17.2 Å². The van der Waals surface area contributed by atoms with E-state index in [9.17, 15) is 22.4 Å². The fourth-order valence-electron chi connectivity index (χ4n) is 4.55. The van der Waals surface area contributed by atoms with Crippen molar-refractivity contribution >= 4 is 27.5 Å². The number of nitrogens with one attached hydrogen (secondary N) is 2. The van der Waals surface area contributed by atoms with Crippen LogP contribution in [0.4, 0.5) is 10.1 Å². The zero-order valence-electron chi connectivity index (χ0n) is 25.7. The van der Waals surface area contributed by atoms with E-state index in [-0.39, 0.29) is 35.4 Å². The summed E-state index contributed by atoms with van der Waals surface area (Å²) < 4.78 is 57.3. The molecule has 0 radical (unpaired) electrons. The van der Waals surface area contributed by atoms with Gasteiger partial charge in [0.15, 0.2) is 18.1 Å². The number of ether oxygens (including phenoxy) is 3. The van der Waals surface area contributed by atoms with Crippen LogP contribution in [0.2, 0.25) is 0 Å². The van der Waals surface area contributed by atoms with Gasteiger partial charge < -0.3 is 24.4 Å². The molecule has 1 atom stereocenters. The molecule has 0 spiro atoms. The Morgan fingerprint density at radius 1 is 0.848 bits per heavy atom. The quantitative estimate of drug-likeness (QED) is 0.190. The Morgan fingerprint density at radius 3 is 2.17 bits per heavy atom. The minimum atomic E-state index is -3.93. The van der Waals surface area contributed by atoms with Gasteiger partial charge >= 0.3 is 0 Å². The molecular weight excluding hydrogens is 613 g/mol. The Balaban J connectivity index is 1.37. The molecule has 2 amide bonds. The largest absolute Gasteiger partial charge is 0.493 e. The number of anilines is 1. The first kappa shape index (κ1) is 33.8. The van der Waals surface area contributed by atoms with Crippen LogP contribution in [0.25, 0.3) is 0 Å². The molecule has 0 aliphatic rings. The Bertz CT molecular complexity index is 1720. The Labute approximate surface area is 268 Å². The molecule has 0 aromatic heterocycles. The lowest BCUT2D eigenvalue weighted by molar-refractivity contribution is -0.142. The monoisotopic (exact) mass is 649 g/mol. The summed E-state index contributed by atoms with van der Waals surface area (Å²) in [4.78, 5) is 28.0. The van der Waals surface area contributed by atoms with Crippen LogP contribution in [0.1, 0.15) is 18.1 Å². The van der Waals surface area contributed by atoms with Crippen molar-refractivity contribution in [2.45, 2.75) is 30.8 Å². The van der Waals surface area contributed by atoms with Crippen molar-refractivity contribution in [3.05, 3.63) is 114 Å². The highest BCUT2D eigenvalue weighted by atomic mass is 32.2. The lowest BCUT2D eigenvalue weighted by Gasteiger charge is -2.28. The lowest BCUT2D eigenvalue weighted by atomic mass is 10.1. The van der Waals surface area contributed by atoms with Gasteiger partial charge in [0, 0.05) is 18.8 Å². The summed E-state index contributed by atoms with van der Waals surface area (Å²) in [6.45, 7) is 1.80. The molecule has 0 aliphatic carbocycles. The maximum absolute atomic E-state index is 13.4. The molecule has 0 aliphatic heterocycles. The van der Waals surface area contributed by atoms with Crippen molar-refractivity contribution in [2.24, 2.45) is 0 Å². The predicted molar refractivity (Wildman–Crippen MR) is 172 cm³/mol. The number of methoxy groups -OCH3 is 2. The smallest absolute Gasteiger partial charge is 0.261 e. The summed E-state index contributed by atoms with van der Waals surface area (Å²) in [5.41, 5.74) is 2.00. The van der Waals surface area contributed by atoms with E-state index in [2.05, 4.69) is 10.0 Å². The number of amides is 2. The van der Waals surface area contributed by atoms with Crippen LogP contribution >= 0.6 is 0 Å². The summed E-state index contributed by atoms with van der Waals surface area (Å²) in [5, 5.41) is 2.91. The summed E-state index contributed by atoms with van der Waals surface area (Å²) in [6, 6.07) is 24.5. The predicted octanol–water partition coefficient (Wildman–Crippen LogP) is 4.80. The summed E-state index contributed by atoms with van der Waals surface area (Å²) in [6.07, 6.45) is 0.541. The van der Waals surface area contributed by atoms with Crippen LogP contribution in [-0.4, -0.2) is 58.5 Å². The van der Waals surface area contributed by atoms with E-state index < -0.39 is 27.8 Å². The maximum Gasteiger partial charge on any atom is 0.261 e. The molecular formula is C34H36FN3O7S. The summed E-state index contributed by atoms with van der Waals surface area (Å²) in [7, 11) is -0.815. The molecule has 0 unspecified atom stereocenters. The molecule has 242 valence electrons. The molecule has 4 aromatic rings. The van der Waals surface area contributed by atoms with Gasteiger partial charge in [-0.2, -0.15) is 0 Å². The van der Waals surface area contributed by atoms with Gasteiger partial charge in [-0.25, -0.2) is 12.8 Å². The Kier molecular flexibility index (Phi) is 11.6. The van der Waals surface area contributed by atoms with Crippen molar-refractivity contribution in [3.63, 3.8) is 0 Å². The first-order chi connectivity index (χ1) is 22.1. The SMILES string of the molecule is COc1ccc(CCNC(=O)[C@@H](C)N(Cc2ccccc2)C(=O)COc2ccc(S(=O)(=O)Nc3ccc(F)cc3)cc2)cc1OC. The van der Waals surface area contributed by atoms with Crippen molar-refractivity contribution < 1.29 is 36.6 Å². The van der Waals surface area contributed by atoms with E-state index in [1.807, 2.05) is 42.5 Å². The zero-order chi connectivity index (χ0) is 33.1. The number of halogens is 1. The van der Waals surface area contributed by atoms with Gasteiger partial charge in [0.1, 0.15) is 17.6 Å². The topological polar surface area (TPSA) is 123 Å². The highest BCUT2D eigenvalue weighted by molar-refractivity contribution is 7.92. The van der Waals surface area contributed by atoms with Crippen LogP contribution in [0.3, 0.4) is 0 Å². The number of rotatable bonds is 15. The third kappa shape index (κ3) is 9.21. The molecule has 12 heteroatoms. The van der Waals surface area contributed by atoms with Gasteiger partial charge in [-0.1, -0.05) is 36.4 Å². The number of hydrogen-bond donors (Lipinski definition) is 2. The van der Waals surface area contributed by atoms with Gasteiger partial charge in [0.25, 0.3) is 15.9 Å². The number of carbonyl (C=O) groups excluding carboxylic acids is 2. The summed E-state index contributed by atoms with van der Waals surface area (Å²) in [5.74, 6) is 0.232. The molecule has 0 bridgehead atoms. The zero-order valence-corrected chi connectivity index (χ0v) is 26.6. The summed E-state index contributed by atoms with van der Waals surface area (Å²) >= 11 is 0. The highest BCUT2D eigenvalue weighted by Gasteiger charge is 2.26. The van der Waals surface area contributed by atoms with Gasteiger partial charge in [-0.15, -0.1) is 0 Å². The minimum absolute atomic E-state index is 0.0421. The molecule has 0 saturated heterocycles. The molecule has 10 nitrogen and oxygen atoms in total.